The van der Waals surface area contributed by atoms with Crippen LogP contribution in [0.15, 0.2) is 48.5 Å². The number of carbonyl (C=O) groups excluding carboxylic acids is 1. The zero-order valence-corrected chi connectivity index (χ0v) is 19.3. The van der Waals surface area contributed by atoms with Crippen molar-refractivity contribution in [3.05, 3.63) is 65.2 Å². The van der Waals surface area contributed by atoms with Crippen molar-refractivity contribution < 1.29 is 13.2 Å². The number of sulfonamides is 1. The SMILES string of the molecule is CCCCC(CC)CNC(=O)c1ccc(CN(c2ccccc2C)S(C)(=O)=O)cc1. The van der Waals surface area contributed by atoms with Gasteiger partial charge in [-0.3, -0.25) is 9.10 Å². The van der Waals surface area contributed by atoms with E-state index in [0.717, 1.165) is 24.0 Å². The maximum atomic E-state index is 12.5. The molecule has 6 heteroatoms. The van der Waals surface area contributed by atoms with Crippen molar-refractivity contribution in [2.24, 2.45) is 5.92 Å². The lowest BCUT2D eigenvalue weighted by atomic mass is 9.99. The largest absolute Gasteiger partial charge is 0.352 e. The third-order valence-corrected chi connectivity index (χ3v) is 6.55. The number of rotatable bonds is 11. The molecule has 0 heterocycles. The predicted molar refractivity (Wildman–Crippen MR) is 124 cm³/mol. The number of carbonyl (C=O) groups is 1. The number of hydrogen-bond donors (Lipinski definition) is 1. The molecular formula is C24H34N2O3S. The fourth-order valence-electron chi connectivity index (χ4n) is 3.43. The lowest BCUT2D eigenvalue weighted by molar-refractivity contribution is 0.0946. The summed E-state index contributed by atoms with van der Waals surface area (Å²) in [4.78, 5) is 12.5. The van der Waals surface area contributed by atoms with Gasteiger partial charge in [-0.15, -0.1) is 0 Å². The van der Waals surface area contributed by atoms with Gasteiger partial charge in [0, 0.05) is 12.1 Å². The Morgan fingerprint density at radius 2 is 1.73 bits per heavy atom. The van der Waals surface area contributed by atoms with E-state index in [4.69, 9.17) is 0 Å². The van der Waals surface area contributed by atoms with E-state index in [0.29, 0.717) is 23.7 Å². The quantitative estimate of drug-likeness (QED) is 0.551. The number of para-hydroxylation sites is 1. The third kappa shape index (κ3) is 6.87. The maximum Gasteiger partial charge on any atom is 0.251 e. The molecule has 1 unspecified atom stereocenters. The van der Waals surface area contributed by atoms with Crippen LogP contribution in [-0.2, 0) is 16.6 Å². The predicted octanol–water partition coefficient (Wildman–Crippen LogP) is 4.91. The third-order valence-electron chi connectivity index (χ3n) is 5.42. The van der Waals surface area contributed by atoms with E-state index >= 15 is 0 Å². The van der Waals surface area contributed by atoms with Crippen LogP contribution in [0.1, 0.15) is 61.0 Å². The number of anilines is 1. The second-order valence-electron chi connectivity index (χ2n) is 7.88. The average molecular weight is 431 g/mol. The molecule has 0 aromatic heterocycles. The summed E-state index contributed by atoms with van der Waals surface area (Å²) in [6, 6.07) is 14.6. The summed E-state index contributed by atoms with van der Waals surface area (Å²) in [7, 11) is -3.44. The van der Waals surface area contributed by atoms with Gasteiger partial charge in [0.1, 0.15) is 0 Å². The van der Waals surface area contributed by atoms with Crippen molar-refractivity contribution in [2.45, 2.75) is 53.0 Å². The smallest absolute Gasteiger partial charge is 0.251 e. The second-order valence-corrected chi connectivity index (χ2v) is 9.79. The molecule has 2 rings (SSSR count). The monoisotopic (exact) mass is 430 g/mol. The molecule has 0 aliphatic rings. The molecule has 0 aliphatic carbocycles. The van der Waals surface area contributed by atoms with Crippen LogP contribution in [0.3, 0.4) is 0 Å². The van der Waals surface area contributed by atoms with Crippen LogP contribution in [0.5, 0.6) is 0 Å². The highest BCUT2D eigenvalue weighted by molar-refractivity contribution is 7.92. The minimum absolute atomic E-state index is 0.0876. The molecule has 0 radical (unpaired) electrons. The number of aryl methyl sites for hydroxylation is 1. The first-order valence-corrected chi connectivity index (χ1v) is 12.5. The van der Waals surface area contributed by atoms with Crippen LogP contribution in [0.2, 0.25) is 0 Å². The van der Waals surface area contributed by atoms with Crippen LogP contribution in [0, 0.1) is 12.8 Å². The lowest BCUT2D eigenvalue weighted by Gasteiger charge is -2.24. The zero-order chi connectivity index (χ0) is 22.1. The van der Waals surface area contributed by atoms with Crippen molar-refractivity contribution in [2.75, 3.05) is 17.1 Å². The van der Waals surface area contributed by atoms with E-state index in [1.807, 2.05) is 37.3 Å². The Morgan fingerprint density at radius 3 is 2.30 bits per heavy atom. The van der Waals surface area contributed by atoms with Crippen LogP contribution in [0.4, 0.5) is 5.69 Å². The fourth-order valence-corrected chi connectivity index (χ4v) is 4.38. The van der Waals surface area contributed by atoms with Gasteiger partial charge in [0.2, 0.25) is 10.0 Å². The Kier molecular flexibility index (Phi) is 8.90. The van der Waals surface area contributed by atoms with Crippen LogP contribution < -0.4 is 9.62 Å². The molecule has 1 atom stereocenters. The van der Waals surface area contributed by atoms with Crippen LogP contribution >= 0.6 is 0 Å². The molecule has 164 valence electrons. The molecule has 5 nitrogen and oxygen atoms in total. The standard InChI is InChI=1S/C24H34N2O3S/c1-5-7-11-20(6-2)17-25-24(27)22-15-13-21(14-16-22)18-26(30(4,28)29)23-12-9-8-10-19(23)3/h8-10,12-16,20H,5-7,11,17-18H2,1-4H3,(H,25,27). The highest BCUT2D eigenvalue weighted by Crippen LogP contribution is 2.24. The number of amides is 1. The Hall–Kier alpha value is -2.34. The minimum atomic E-state index is -3.44. The van der Waals surface area contributed by atoms with Crippen molar-refractivity contribution >= 4 is 21.6 Å². The summed E-state index contributed by atoms with van der Waals surface area (Å²) in [5, 5.41) is 3.03. The van der Waals surface area contributed by atoms with E-state index in [1.165, 1.54) is 23.4 Å². The first kappa shape index (κ1) is 23.9. The Balaban J connectivity index is 2.07. The van der Waals surface area contributed by atoms with E-state index in [9.17, 15) is 13.2 Å². The van der Waals surface area contributed by atoms with E-state index in [1.54, 1.807) is 18.2 Å². The van der Waals surface area contributed by atoms with Crippen molar-refractivity contribution in [1.82, 2.24) is 5.32 Å². The number of nitrogens with zero attached hydrogens (tertiary/aromatic N) is 1. The number of benzene rings is 2. The first-order valence-electron chi connectivity index (χ1n) is 10.7. The molecule has 0 fully saturated rings. The van der Waals surface area contributed by atoms with Gasteiger partial charge in [0.05, 0.1) is 18.5 Å². The molecule has 2 aromatic carbocycles. The minimum Gasteiger partial charge on any atom is -0.352 e. The van der Waals surface area contributed by atoms with Crippen molar-refractivity contribution in [1.29, 1.82) is 0 Å². The van der Waals surface area contributed by atoms with Crippen LogP contribution in [0.25, 0.3) is 0 Å². The summed E-state index contributed by atoms with van der Waals surface area (Å²) in [6.07, 6.45) is 5.75. The molecule has 0 spiro atoms. The summed E-state index contributed by atoms with van der Waals surface area (Å²) in [6.45, 7) is 7.14. The molecule has 1 amide bonds. The highest BCUT2D eigenvalue weighted by atomic mass is 32.2. The second kappa shape index (κ2) is 11.2. The number of hydrogen-bond acceptors (Lipinski definition) is 3. The van der Waals surface area contributed by atoms with E-state index in [-0.39, 0.29) is 12.5 Å². The highest BCUT2D eigenvalue weighted by Gasteiger charge is 2.19. The van der Waals surface area contributed by atoms with Crippen LogP contribution in [-0.4, -0.2) is 27.1 Å². The van der Waals surface area contributed by atoms with Gasteiger partial charge in [-0.2, -0.15) is 0 Å². The molecule has 0 saturated carbocycles. The van der Waals surface area contributed by atoms with Gasteiger partial charge in [0.25, 0.3) is 5.91 Å². The molecule has 1 N–H and O–H groups in total. The average Bonchev–Trinajstić information content (AvgIpc) is 2.72. The molecule has 0 bridgehead atoms. The Labute approximate surface area is 181 Å². The van der Waals surface area contributed by atoms with Gasteiger partial charge < -0.3 is 5.32 Å². The van der Waals surface area contributed by atoms with E-state index in [2.05, 4.69) is 19.2 Å². The van der Waals surface area contributed by atoms with E-state index < -0.39 is 10.0 Å². The first-order chi connectivity index (χ1) is 14.3. The summed E-state index contributed by atoms with van der Waals surface area (Å²) < 4.78 is 26.2. The Bertz CT molecular complexity index is 924. The maximum absolute atomic E-state index is 12.5. The molecule has 2 aromatic rings. The van der Waals surface area contributed by atoms with Crippen molar-refractivity contribution in [3.8, 4) is 0 Å². The van der Waals surface area contributed by atoms with Gasteiger partial charge in [0.15, 0.2) is 0 Å². The molecular weight excluding hydrogens is 396 g/mol. The fraction of sp³-hybridized carbons (Fsp3) is 0.458. The van der Waals surface area contributed by atoms with Crippen molar-refractivity contribution in [3.63, 3.8) is 0 Å². The number of unbranched alkanes of at least 4 members (excludes halogenated alkanes) is 1. The molecule has 30 heavy (non-hydrogen) atoms. The normalized spacial score (nSPS) is 12.4. The molecule has 0 saturated heterocycles. The molecule has 0 aliphatic heterocycles. The summed E-state index contributed by atoms with van der Waals surface area (Å²) in [5.74, 6) is 0.418. The Morgan fingerprint density at radius 1 is 1.07 bits per heavy atom. The summed E-state index contributed by atoms with van der Waals surface area (Å²) >= 11 is 0. The van der Waals surface area contributed by atoms with Gasteiger partial charge in [-0.05, 0) is 48.6 Å². The summed E-state index contributed by atoms with van der Waals surface area (Å²) in [5.41, 5.74) is 2.98. The number of nitrogens with one attached hydrogen (secondary N) is 1. The lowest BCUT2D eigenvalue weighted by Crippen LogP contribution is -2.30. The van der Waals surface area contributed by atoms with Gasteiger partial charge in [-0.25, -0.2) is 8.42 Å². The van der Waals surface area contributed by atoms with Gasteiger partial charge in [-0.1, -0.05) is 63.4 Å². The van der Waals surface area contributed by atoms with Gasteiger partial charge >= 0.3 is 0 Å². The zero-order valence-electron chi connectivity index (χ0n) is 18.5. The topological polar surface area (TPSA) is 66.5 Å².